The Balaban J connectivity index is 2.06. The maximum absolute atomic E-state index is 11.6. The maximum Gasteiger partial charge on any atom is 0.318 e. The average molecular weight is 252 g/mol. The van der Waals surface area contributed by atoms with Crippen LogP contribution in [-0.2, 0) is 10.2 Å². The molecule has 0 unspecified atom stereocenters. The molecule has 1 atom stereocenters. The molecule has 1 aliphatic rings. The summed E-state index contributed by atoms with van der Waals surface area (Å²) >= 11 is 0. The summed E-state index contributed by atoms with van der Waals surface area (Å²) in [5.74, 6) is 0.717. The zero-order chi connectivity index (χ0) is 13.3. The summed E-state index contributed by atoms with van der Waals surface area (Å²) in [6.45, 7) is 7.51. The Morgan fingerprint density at radius 2 is 2.17 bits per heavy atom. The van der Waals surface area contributed by atoms with E-state index >= 15 is 0 Å². The van der Waals surface area contributed by atoms with Crippen LogP contribution >= 0.6 is 0 Å². The molecule has 2 rings (SSSR count). The topological polar surface area (TPSA) is 71.3 Å². The number of nitrogens with zero attached hydrogens (tertiary/aromatic N) is 3. The minimum absolute atomic E-state index is 0.0139. The van der Waals surface area contributed by atoms with E-state index in [4.69, 9.17) is 4.42 Å². The first-order valence-corrected chi connectivity index (χ1v) is 6.22. The van der Waals surface area contributed by atoms with Gasteiger partial charge in [-0.2, -0.15) is 0 Å². The molecule has 2 heterocycles. The fourth-order valence-corrected chi connectivity index (χ4v) is 2.00. The predicted octanol–water partition coefficient (Wildman–Crippen LogP) is 0.939. The van der Waals surface area contributed by atoms with Crippen molar-refractivity contribution in [3.8, 4) is 0 Å². The molecule has 18 heavy (non-hydrogen) atoms. The van der Waals surface area contributed by atoms with Crippen molar-refractivity contribution in [2.45, 2.75) is 32.6 Å². The van der Waals surface area contributed by atoms with Crippen LogP contribution in [-0.4, -0.2) is 36.2 Å². The smallest absolute Gasteiger partial charge is 0.318 e. The maximum atomic E-state index is 11.6. The highest BCUT2D eigenvalue weighted by atomic mass is 16.4. The van der Waals surface area contributed by atoms with E-state index < -0.39 is 0 Å². The summed E-state index contributed by atoms with van der Waals surface area (Å²) < 4.78 is 5.67. The van der Waals surface area contributed by atoms with Gasteiger partial charge in [-0.15, -0.1) is 5.10 Å². The second-order valence-electron chi connectivity index (χ2n) is 5.69. The molecule has 1 N–H and O–H groups in total. The van der Waals surface area contributed by atoms with E-state index in [9.17, 15) is 4.79 Å². The molecule has 100 valence electrons. The van der Waals surface area contributed by atoms with Crippen LogP contribution in [0.3, 0.4) is 0 Å². The number of amides is 1. The molecule has 0 aromatic carbocycles. The van der Waals surface area contributed by atoms with Crippen molar-refractivity contribution >= 4 is 11.9 Å². The summed E-state index contributed by atoms with van der Waals surface area (Å²) in [7, 11) is 1.66. The summed E-state index contributed by atoms with van der Waals surface area (Å²) in [4.78, 5) is 13.5. The number of anilines is 1. The fraction of sp³-hybridized carbons (Fsp3) is 0.750. The highest BCUT2D eigenvalue weighted by Crippen LogP contribution is 2.27. The average Bonchev–Trinajstić information content (AvgIpc) is 2.94. The lowest BCUT2D eigenvalue weighted by molar-refractivity contribution is -0.123. The van der Waals surface area contributed by atoms with Gasteiger partial charge in [0, 0.05) is 25.6 Å². The van der Waals surface area contributed by atoms with Crippen LogP contribution < -0.4 is 10.2 Å². The van der Waals surface area contributed by atoms with Gasteiger partial charge in [0.25, 0.3) is 0 Å². The van der Waals surface area contributed by atoms with Gasteiger partial charge in [0.2, 0.25) is 11.8 Å². The standard InChI is InChI=1S/C12H20N4O2/c1-12(2,3)10-14-15-11(18-10)16-6-5-8(7-16)9(17)13-4/h8H,5-7H2,1-4H3,(H,13,17)/t8-/m1/s1. The van der Waals surface area contributed by atoms with E-state index in [1.54, 1.807) is 7.05 Å². The largest absolute Gasteiger partial charge is 0.407 e. The van der Waals surface area contributed by atoms with E-state index in [1.807, 2.05) is 25.7 Å². The SMILES string of the molecule is CNC(=O)[C@@H]1CCN(c2nnc(C(C)(C)C)o2)C1. The van der Waals surface area contributed by atoms with Gasteiger partial charge in [0.05, 0.1) is 5.92 Å². The number of carbonyl (C=O) groups excluding carboxylic acids is 1. The number of carbonyl (C=O) groups is 1. The van der Waals surface area contributed by atoms with Crippen LogP contribution in [0, 0.1) is 5.92 Å². The van der Waals surface area contributed by atoms with Crippen LogP contribution in [0.25, 0.3) is 0 Å². The van der Waals surface area contributed by atoms with E-state index in [0.717, 1.165) is 13.0 Å². The molecule has 0 bridgehead atoms. The summed E-state index contributed by atoms with van der Waals surface area (Å²) in [5.41, 5.74) is -0.148. The molecule has 0 aliphatic carbocycles. The minimum atomic E-state index is -0.148. The van der Waals surface area contributed by atoms with Gasteiger partial charge in [-0.1, -0.05) is 25.9 Å². The Hall–Kier alpha value is -1.59. The number of nitrogens with one attached hydrogen (secondary N) is 1. The molecular weight excluding hydrogens is 232 g/mol. The highest BCUT2D eigenvalue weighted by Gasteiger charge is 2.31. The first kappa shape index (κ1) is 12.9. The first-order chi connectivity index (χ1) is 8.41. The van der Waals surface area contributed by atoms with Gasteiger partial charge in [0.1, 0.15) is 0 Å². The second kappa shape index (κ2) is 4.59. The van der Waals surface area contributed by atoms with Crippen LogP contribution in [0.4, 0.5) is 6.01 Å². The number of hydrogen-bond donors (Lipinski definition) is 1. The third-order valence-electron chi connectivity index (χ3n) is 3.13. The summed E-state index contributed by atoms with van der Waals surface area (Å²) in [6, 6.07) is 0.520. The molecule has 1 aromatic rings. The van der Waals surface area contributed by atoms with Gasteiger partial charge in [-0.05, 0) is 6.42 Å². The molecular formula is C12H20N4O2. The monoisotopic (exact) mass is 252 g/mol. The summed E-state index contributed by atoms with van der Waals surface area (Å²) in [6.07, 6.45) is 0.826. The lowest BCUT2D eigenvalue weighted by Crippen LogP contribution is -2.30. The normalized spacial score (nSPS) is 20.2. The summed E-state index contributed by atoms with van der Waals surface area (Å²) in [5, 5.41) is 10.8. The Labute approximate surface area is 107 Å². The highest BCUT2D eigenvalue weighted by molar-refractivity contribution is 5.79. The van der Waals surface area contributed by atoms with Crippen LogP contribution in [0.2, 0.25) is 0 Å². The number of aromatic nitrogens is 2. The van der Waals surface area contributed by atoms with E-state index in [0.29, 0.717) is 18.5 Å². The van der Waals surface area contributed by atoms with E-state index in [2.05, 4.69) is 15.5 Å². The minimum Gasteiger partial charge on any atom is -0.407 e. The molecule has 6 nitrogen and oxygen atoms in total. The molecule has 1 saturated heterocycles. The molecule has 0 radical (unpaired) electrons. The Kier molecular flexibility index (Phi) is 3.28. The van der Waals surface area contributed by atoms with Gasteiger partial charge in [-0.3, -0.25) is 4.79 Å². The Morgan fingerprint density at radius 1 is 1.44 bits per heavy atom. The first-order valence-electron chi connectivity index (χ1n) is 6.22. The van der Waals surface area contributed by atoms with Crippen molar-refractivity contribution in [1.29, 1.82) is 0 Å². The van der Waals surface area contributed by atoms with E-state index in [-0.39, 0.29) is 17.2 Å². The Bertz CT molecular complexity index is 436. The van der Waals surface area contributed by atoms with Gasteiger partial charge in [-0.25, -0.2) is 0 Å². The molecule has 0 spiro atoms. The molecule has 1 aliphatic heterocycles. The lowest BCUT2D eigenvalue weighted by atomic mass is 9.97. The van der Waals surface area contributed by atoms with Crippen molar-refractivity contribution in [3.63, 3.8) is 0 Å². The molecule has 6 heteroatoms. The Morgan fingerprint density at radius 3 is 2.72 bits per heavy atom. The van der Waals surface area contributed by atoms with Crippen molar-refractivity contribution in [2.75, 3.05) is 25.0 Å². The third-order valence-corrected chi connectivity index (χ3v) is 3.13. The van der Waals surface area contributed by atoms with Crippen molar-refractivity contribution < 1.29 is 9.21 Å². The van der Waals surface area contributed by atoms with Gasteiger partial charge < -0.3 is 14.6 Å². The second-order valence-corrected chi connectivity index (χ2v) is 5.69. The molecule has 1 fully saturated rings. The predicted molar refractivity (Wildman–Crippen MR) is 67.4 cm³/mol. The van der Waals surface area contributed by atoms with E-state index in [1.165, 1.54) is 0 Å². The number of rotatable bonds is 2. The van der Waals surface area contributed by atoms with Crippen molar-refractivity contribution in [3.05, 3.63) is 5.89 Å². The van der Waals surface area contributed by atoms with Crippen molar-refractivity contribution in [1.82, 2.24) is 15.5 Å². The third kappa shape index (κ3) is 2.47. The zero-order valence-electron chi connectivity index (χ0n) is 11.4. The fourth-order valence-electron chi connectivity index (χ4n) is 2.00. The van der Waals surface area contributed by atoms with Crippen LogP contribution in [0.5, 0.6) is 0 Å². The van der Waals surface area contributed by atoms with Crippen LogP contribution in [0.1, 0.15) is 33.1 Å². The zero-order valence-corrected chi connectivity index (χ0v) is 11.4. The van der Waals surface area contributed by atoms with Crippen molar-refractivity contribution in [2.24, 2.45) is 5.92 Å². The van der Waals surface area contributed by atoms with Crippen LogP contribution in [0.15, 0.2) is 4.42 Å². The lowest BCUT2D eigenvalue weighted by Gasteiger charge is -2.14. The van der Waals surface area contributed by atoms with Gasteiger partial charge in [0.15, 0.2) is 0 Å². The quantitative estimate of drug-likeness (QED) is 0.848. The molecule has 1 aromatic heterocycles. The molecule has 1 amide bonds. The van der Waals surface area contributed by atoms with Gasteiger partial charge >= 0.3 is 6.01 Å². The number of hydrogen-bond acceptors (Lipinski definition) is 5. The molecule has 0 saturated carbocycles.